The zero-order valence-corrected chi connectivity index (χ0v) is 12.3. The van der Waals surface area contributed by atoms with Gasteiger partial charge in [0.1, 0.15) is 11.6 Å². The summed E-state index contributed by atoms with van der Waals surface area (Å²) in [4.78, 5) is 4.27. The Morgan fingerprint density at radius 1 is 1.33 bits per heavy atom. The molecule has 0 aliphatic rings. The van der Waals surface area contributed by atoms with Crippen LogP contribution in [0.5, 0.6) is 5.75 Å². The van der Waals surface area contributed by atoms with E-state index in [-0.39, 0.29) is 0 Å². The van der Waals surface area contributed by atoms with Crippen molar-refractivity contribution in [1.29, 1.82) is 0 Å². The van der Waals surface area contributed by atoms with Gasteiger partial charge in [0.15, 0.2) is 0 Å². The Hall–Kier alpha value is -1.26. The number of ether oxygens (including phenoxy) is 1. The van der Waals surface area contributed by atoms with Gasteiger partial charge >= 0.3 is 0 Å². The molecule has 94 valence electrons. The second kappa shape index (κ2) is 5.59. The summed E-state index contributed by atoms with van der Waals surface area (Å²) in [6, 6.07) is 7.36. The number of rotatable bonds is 3. The van der Waals surface area contributed by atoms with Crippen LogP contribution in [0.15, 0.2) is 34.9 Å². The average molecular weight is 328 g/mol. The van der Waals surface area contributed by atoms with Crippen LogP contribution in [0.3, 0.4) is 0 Å². The van der Waals surface area contributed by atoms with Crippen LogP contribution in [-0.2, 0) is 0 Å². The van der Waals surface area contributed by atoms with Crippen molar-refractivity contribution >= 4 is 39.0 Å². The maximum Gasteiger partial charge on any atom is 0.144 e. The Morgan fingerprint density at radius 2 is 2.11 bits per heavy atom. The minimum absolute atomic E-state index is 0.617. The van der Waals surface area contributed by atoms with Gasteiger partial charge in [-0.25, -0.2) is 4.98 Å². The van der Waals surface area contributed by atoms with Gasteiger partial charge in [-0.05, 0) is 46.6 Å². The molecule has 2 aromatic rings. The van der Waals surface area contributed by atoms with E-state index < -0.39 is 0 Å². The van der Waals surface area contributed by atoms with E-state index in [9.17, 15) is 0 Å². The molecule has 1 aromatic heterocycles. The zero-order chi connectivity index (χ0) is 13.1. The van der Waals surface area contributed by atoms with Crippen molar-refractivity contribution in [2.24, 2.45) is 0 Å². The van der Waals surface area contributed by atoms with Gasteiger partial charge in [-0.2, -0.15) is 0 Å². The van der Waals surface area contributed by atoms with Crippen LogP contribution in [-0.4, -0.2) is 12.1 Å². The monoisotopic (exact) mass is 326 g/mol. The number of anilines is 2. The molecule has 1 N–H and O–H groups in total. The summed E-state index contributed by atoms with van der Waals surface area (Å²) in [7, 11) is 1.62. The van der Waals surface area contributed by atoms with Gasteiger partial charge in [-0.1, -0.05) is 11.6 Å². The summed E-state index contributed by atoms with van der Waals surface area (Å²) >= 11 is 9.63. The van der Waals surface area contributed by atoms with Crippen molar-refractivity contribution in [3.05, 3.63) is 45.5 Å². The van der Waals surface area contributed by atoms with E-state index in [0.29, 0.717) is 5.02 Å². The first-order valence-electron chi connectivity index (χ1n) is 5.33. The van der Waals surface area contributed by atoms with Crippen molar-refractivity contribution in [2.45, 2.75) is 6.92 Å². The number of nitrogens with zero attached hydrogens (tertiary/aromatic N) is 1. The number of methoxy groups -OCH3 is 1. The summed E-state index contributed by atoms with van der Waals surface area (Å²) in [6.45, 7) is 2.00. The molecular formula is C13H12BrClN2O. The number of hydrogen-bond donors (Lipinski definition) is 1. The third-order valence-corrected chi connectivity index (χ3v) is 3.84. The molecule has 0 atom stereocenters. The highest BCUT2D eigenvalue weighted by atomic mass is 79.9. The number of aryl methyl sites for hydroxylation is 1. The van der Waals surface area contributed by atoms with Crippen LogP contribution in [0, 0.1) is 6.92 Å². The Labute approximate surface area is 119 Å². The summed E-state index contributed by atoms with van der Waals surface area (Å²) < 4.78 is 6.09. The lowest BCUT2D eigenvalue weighted by atomic mass is 10.2. The number of hydrogen-bond acceptors (Lipinski definition) is 3. The molecule has 0 unspecified atom stereocenters. The quantitative estimate of drug-likeness (QED) is 0.897. The molecule has 0 bridgehead atoms. The molecule has 5 heteroatoms. The number of nitrogens with one attached hydrogen (secondary N) is 1. The molecule has 2 rings (SSSR count). The number of halogens is 2. The van der Waals surface area contributed by atoms with Crippen LogP contribution in [0.1, 0.15) is 5.56 Å². The summed E-state index contributed by atoms with van der Waals surface area (Å²) in [5, 5.41) is 3.80. The van der Waals surface area contributed by atoms with Crippen molar-refractivity contribution < 1.29 is 4.74 Å². The SMILES string of the molecule is COc1ccc(Cl)c(Nc2nccc(C)c2Br)c1. The lowest BCUT2D eigenvalue weighted by molar-refractivity contribution is 0.415. The molecule has 18 heavy (non-hydrogen) atoms. The van der Waals surface area contributed by atoms with E-state index in [1.807, 2.05) is 25.1 Å². The molecule has 0 radical (unpaired) electrons. The maximum atomic E-state index is 6.13. The summed E-state index contributed by atoms with van der Waals surface area (Å²) in [6.07, 6.45) is 1.75. The van der Waals surface area contributed by atoms with Crippen molar-refractivity contribution in [1.82, 2.24) is 4.98 Å². The summed E-state index contributed by atoms with van der Waals surface area (Å²) in [5.41, 5.74) is 1.86. The smallest absolute Gasteiger partial charge is 0.144 e. The maximum absolute atomic E-state index is 6.13. The van der Waals surface area contributed by atoms with Gasteiger partial charge in [-0.15, -0.1) is 0 Å². The van der Waals surface area contributed by atoms with E-state index in [1.165, 1.54) is 0 Å². The first kappa shape index (κ1) is 13.2. The van der Waals surface area contributed by atoms with E-state index in [1.54, 1.807) is 19.4 Å². The molecule has 1 aromatic carbocycles. The highest BCUT2D eigenvalue weighted by Gasteiger charge is 2.07. The van der Waals surface area contributed by atoms with Gasteiger partial charge in [0, 0.05) is 12.3 Å². The number of benzene rings is 1. The predicted octanol–water partition coefficient (Wildman–Crippen LogP) is 4.56. The third kappa shape index (κ3) is 2.76. The zero-order valence-electron chi connectivity index (χ0n) is 10.00. The molecule has 0 aliphatic carbocycles. The molecule has 0 saturated carbocycles. The van der Waals surface area contributed by atoms with Gasteiger partial charge in [-0.3, -0.25) is 0 Å². The molecule has 0 amide bonds. The Bertz CT molecular complexity index is 575. The lowest BCUT2D eigenvalue weighted by Crippen LogP contribution is -1.97. The van der Waals surface area contributed by atoms with Crippen LogP contribution in [0.2, 0.25) is 5.02 Å². The first-order valence-corrected chi connectivity index (χ1v) is 6.50. The Balaban J connectivity index is 2.36. The van der Waals surface area contributed by atoms with Gasteiger partial charge in [0.25, 0.3) is 0 Å². The van der Waals surface area contributed by atoms with E-state index >= 15 is 0 Å². The van der Waals surface area contributed by atoms with Crippen molar-refractivity contribution in [3.8, 4) is 5.75 Å². The highest BCUT2D eigenvalue weighted by Crippen LogP contribution is 2.32. The van der Waals surface area contributed by atoms with Crippen LogP contribution >= 0.6 is 27.5 Å². The molecule has 0 fully saturated rings. The second-order valence-corrected chi connectivity index (χ2v) is 4.96. The van der Waals surface area contributed by atoms with Crippen LogP contribution < -0.4 is 10.1 Å². The van der Waals surface area contributed by atoms with E-state index in [0.717, 1.165) is 27.3 Å². The van der Waals surface area contributed by atoms with E-state index in [4.69, 9.17) is 16.3 Å². The molecular weight excluding hydrogens is 316 g/mol. The highest BCUT2D eigenvalue weighted by molar-refractivity contribution is 9.10. The van der Waals surface area contributed by atoms with Crippen molar-refractivity contribution in [3.63, 3.8) is 0 Å². The molecule has 0 aliphatic heterocycles. The first-order chi connectivity index (χ1) is 8.61. The Morgan fingerprint density at radius 3 is 2.83 bits per heavy atom. The summed E-state index contributed by atoms with van der Waals surface area (Å²) in [5.74, 6) is 1.47. The van der Waals surface area contributed by atoms with Crippen LogP contribution in [0.25, 0.3) is 0 Å². The fourth-order valence-electron chi connectivity index (χ4n) is 1.48. The topological polar surface area (TPSA) is 34.1 Å². The Kier molecular flexibility index (Phi) is 4.09. The predicted molar refractivity (Wildman–Crippen MR) is 78.0 cm³/mol. The number of aromatic nitrogens is 1. The van der Waals surface area contributed by atoms with E-state index in [2.05, 4.69) is 26.2 Å². The van der Waals surface area contributed by atoms with Gasteiger partial charge < -0.3 is 10.1 Å². The van der Waals surface area contributed by atoms with Crippen LogP contribution in [0.4, 0.5) is 11.5 Å². The molecule has 1 heterocycles. The standard InChI is InChI=1S/C13H12BrClN2O/c1-8-5-6-16-13(12(8)14)17-11-7-9(18-2)3-4-10(11)15/h3-7H,1-2H3,(H,16,17). The largest absolute Gasteiger partial charge is 0.497 e. The minimum atomic E-state index is 0.617. The minimum Gasteiger partial charge on any atom is -0.497 e. The average Bonchev–Trinajstić information content (AvgIpc) is 2.37. The number of pyridine rings is 1. The fourth-order valence-corrected chi connectivity index (χ4v) is 1.98. The van der Waals surface area contributed by atoms with Crippen molar-refractivity contribution in [2.75, 3.05) is 12.4 Å². The van der Waals surface area contributed by atoms with Gasteiger partial charge in [0.2, 0.25) is 0 Å². The lowest BCUT2D eigenvalue weighted by Gasteiger charge is -2.11. The third-order valence-electron chi connectivity index (χ3n) is 2.51. The normalized spacial score (nSPS) is 10.2. The second-order valence-electron chi connectivity index (χ2n) is 3.76. The fraction of sp³-hybridized carbons (Fsp3) is 0.154. The van der Waals surface area contributed by atoms with Gasteiger partial charge in [0.05, 0.1) is 22.3 Å². The molecule has 0 saturated heterocycles. The molecule has 0 spiro atoms. The molecule has 3 nitrogen and oxygen atoms in total.